The molecular weight excluding hydrogens is 264 g/mol. The Hall–Kier alpha value is -1.61. The molecule has 0 unspecified atom stereocenters. The molecule has 2 rings (SSSR count). The van der Waals surface area contributed by atoms with Gasteiger partial charge in [-0.3, -0.25) is 9.59 Å². The Labute approximate surface area is 116 Å². The Bertz CT molecular complexity index is 536. The Balaban J connectivity index is 2.41. The third-order valence-electron chi connectivity index (χ3n) is 3.73. The molecule has 100 valence electrons. The molecule has 0 saturated heterocycles. The fourth-order valence-electron chi connectivity index (χ4n) is 2.58. The number of allylic oxidation sites excluding steroid dienone is 2. The first-order valence-corrected chi connectivity index (χ1v) is 6.50. The summed E-state index contributed by atoms with van der Waals surface area (Å²) >= 11 is 6.02. The summed E-state index contributed by atoms with van der Waals surface area (Å²) in [5.74, 6) is -1.85. The summed E-state index contributed by atoms with van der Waals surface area (Å²) < 4.78 is 0. The van der Waals surface area contributed by atoms with Crippen LogP contribution in [0.5, 0.6) is 0 Å². The minimum Gasteiger partial charge on any atom is -0.481 e. The second kappa shape index (κ2) is 5.17. The SMILES string of the molecule is C[C@]1(C(=O)c2ccccc2)CC(Cl)=CC[C@@H]1C(=O)O. The zero-order chi connectivity index (χ0) is 14.0. The first-order chi connectivity index (χ1) is 8.95. The van der Waals surface area contributed by atoms with Gasteiger partial charge in [-0.1, -0.05) is 54.9 Å². The van der Waals surface area contributed by atoms with E-state index in [0.29, 0.717) is 17.0 Å². The number of carbonyl (C=O) groups excluding carboxylic acids is 1. The fourth-order valence-corrected chi connectivity index (χ4v) is 2.95. The summed E-state index contributed by atoms with van der Waals surface area (Å²) in [5.41, 5.74) is -0.457. The maximum atomic E-state index is 12.6. The monoisotopic (exact) mass is 278 g/mol. The highest BCUT2D eigenvalue weighted by atomic mass is 35.5. The number of carboxylic acid groups (broad SMARTS) is 1. The molecule has 4 heteroatoms. The largest absolute Gasteiger partial charge is 0.481 e. The van der Waals surface area contributed by atoms with Crippen LogP contribution in [0.4, 0.5) is 0 Å². The Morgan fingerprint density at radius 2 is 1.95 bits per heavy atom. The van der Waals surface area contributed by atoms with Crippen LogP contribution in [0, 0.1) is 11.3 Å². The quantitative estimate of drug-likeness (QED) is 0.861. The highest BCUT2D eigenvalue weighted by Crippen LogP contribution is 2.44. The molecule has 0 saturated carbocycles. The average molecular weight is 279 g/mol. The molecule has 1 aliphatic rings. The Kier molecular flexibility index (Phi) is 3.76. The second-order valence-corrected chi connectivity index (χ2v) is 5.55. The normalized spacial score (nSPS) is 26.6. The van der Waals surface area contributed by atoms with Gasteiger partial charge in [0.25, 0.3) is 0 Å². The zero-order valence-corrected chi connectivity index (χ0v) is 11.4. The number of carboxylic acids is 1. The van der Waals surface area contributed by atoms with Crippen molar-refractivity contribution in [1.82, 2.24) is 0 Å². The van der Waals surface area contributed by atoms with Crippen molar-refractivity contribution in [1.29, 1.82) is 0 Å². The van der Waals surface area contributed by atoms with Crippen LogP contribution in [0.3, 0.4) is 0 Å². The lowest BCUT2D eigenvalue weighted by Gasteiger charge is -2.36. The topological polar surface area (TPSA) is 54.4 Å². The number of benzene rings is 1. The van der Waals surface area contributed by atoms with Crippen molar-refractivity contribution in [2.75, 3.05) is 0 Å². The summed E-state index contributed by atoms with van der Waals surface area (Å²) in [4.78, 5) is 24.0. The molecule has 0 spiro atoms. The van der Waals surface area contributed by atoms with Crippen LogP contribution in [-0.4, -0.2) is 16.9 Å². The van der Waals surface area contributed by atoms with Crippen LogP contribution >= 0.6 is 11.6 Å². The lowest BCUT2D eigenvalue weighted by molar-refractivity contribution is -0.145. The molecule has 0 amide bonds. The summed E-state index contributed by atoms with van der Waals surface area (Å²) in [5, 5.41) is 9.89. The molecule has 2 atom stereocenters. The molecule has 19 heavy (non-hydrogen) atoms. The van der Waals surface area contributed by atoms with E-state index in [1.165, 1.54) is 0 Å². The van der Waals surface area contributed by atoms with E-state index in [0.717, 1.165) is 0 Å². The fraction of sp³-hybridized carbons (Fsp3) is 0.333. The second-order valence-electron chi connectivity index (χ2n) is 5.07. The summed E-state index contributed by atoms with van der Waals surface area (Å²) in [6, 6.07) is 8.78. The van der Waals surface area contributed by atoms with Crippen LogP contribution in [-0.2, 0) is 4.79 Å². The van der Waals surface area contributed by atoms with Crippen molar-refractivity contribution in [3.63, 3.8) is 0 Å². The van der Waals surface area contributed by atoms with E-state index in [9.17, 15) is 14.7 Å². The number of carbonyl (C=O) groups is 2. The average Bonchev–Trinajstić information content (AvgIpc) is 2.38. The van der Waals surface area contributed by atoms with Crippen molar-refractivity contribution in [3.8, 4) is 0 Å². The number of aliphatic carboxylic acids is 1. The molecule has 0 aliphatic heterocycles. The lowest BCUT2D eigenvalue weighted by Crippen LogP contribution is -2.42. The third-order valence-corrected chi connectivity index (χ3v) is 4.02. The number of ketones is 1. The van der Waals surface area contributed by atoms with Gasteiger partial charge in [-0.05, 0) is 12.8 Å². The molecule has 1 aromatic rings. The van der Waals surface area contributed by atoms with E-state index in [-0.39, 0.29) is 12.2 Å². The predicted octanol–water partition coefficient (Wildman–Crippen LogP) is 3.49. The highest BCUT2D eigenvalue weighted by Gasteiger charge is 2.47. The molecule has 3 nitrogen and oxygen atoms in total. The van der Waals surface area contributed by atoms with E-state index >= 15 is 0 Å². The molecule has 0 heterocycles. The minimum atomic E-state index is -0.987. The molecule has 1 aliphatic carbocycles. The number of halogens is 1. The number of hydrogen-bond donors (Lipinski definition) is 1. The van der Waals surface area contributed by atoms with Crippen LogP contribution in [0.2, 0.25) is 0 Å². The molecule has 1 aromatic carbocycles. The molecular formula is C15H15ClO3. The Morgan fingerprint density at radius 3 is 2.53 bits per heavy atom. The number of hydrogen-bond acceptors (Lipinski definition) is 2. The van der Waals surface area contributed by atoms with Gasteiger partial charge in [0.2, 0.25) is 0 Å². The van der Waals surface area contributed by atoms with Crippen molar-refractivity contribution in [2.24, 2.45) is 11.3 Å². The third kappa shape index (κ3) is 2.56. The van der Waals surface area contributed by atoms with Crippen molar-refractivity contribution < 1.29 is 14.7 Å². The van der Waals surface area contributed by atoms with E-state index in [4.69, 9.17) is 11.6 Å². The van der Waals surface area contributed by atoms with Crippen LogP contribution in [0.1, 0.15) is 30.1 Å². The summed E-state index contributed by atoms with van der Waals surface area (Å²) in [7, 11) is 0. The first kappa shape index (κ1) is 13.8. The van der Waals surface area contributed by atoms with E-state index in [1.54, 1.807) is 37.3 Å². The van der Waals surface area contributed by atoms with Gasteiger partial charge in [0, 0.05) is 16.0 Å². The Morgan fingerprint density at radius 1 is 1.32 bits per heavy atom. The molecule has 0 fully saturated rings. The maximum absolute atomic E-state index is 12.6. The highest BCUT2D eigenvalue weighted by molar-refractivity contribution is 6.30. The van der Waals surface area contributed by atoms with Crippen LogP contribution in [0.25, 0.3) is 0 Å². The van der Waals surface area contributed by atoms with Gasteiger partial charge in [-0.25, -0.2) is 0 Å². The van der Waals surface area contributed by atoms with Gasteiger partial charge in [0.05, 0.1) is 5.92 Å². The van der Waals surface area contributed by atoms with Gasteiger partial charge in [-0.15, -0.1) is 0 Å². The first-order valence-electron chi connectivity index (χ1n) is 6.12. The zero-order valence-electron chi connectivity index (χ0n) is 10.6. The lowest BCUT2D eigenvalue weighted by atomic mass is 9.66. The van der Waals surface area contributed by atoms with E-state index in [1.807, 2.05) is 6.07 Å². The number of Topliss-reactive ketones (excluding diaryl/α,β-unsaturated/α-hetero) is 1. The van der Waals surface area contributed by atoms with Gasteiger partial charge in [-0.2, -0.15) is 0 Å². The van der Waals surface area contributed by atoms with Crippen LogP contribution in [0.15, 0.2) is 41.4 Å². The van der Waals surface area contributed by atoms with E-state index in [2.05, 4.69) is 0 Å². The van der Waals surface area contributed by atoms with Crippen LogP contribution < -0.4 is 0 Å². The molecule has 0 bridgehead atoms. The van der Waals surface area contributed by atoms with Gasteiger partial charge >= 0.3 is 5.97 Å². The number of rotatable bonds is 3. The van der Waals surface area contributed by atoms with Crippen molar-refractivity contribution >= 4 is 23.4 Å². The minimum absolute atomic E-state index is 0.160. The van der Waals surface area contributed by atoms with E-state index < -0.39 is 17.3 Å². The van der Waals surface area contributed by atoms with Gasteiger partial charge < -0.3 is 5.11 Å². The maximum Gasteiger partial charge on any atom is 0.307 e. The predicted molar refractivity (Wildman–Crippen MR) is 73.2 cm³/mol. The van der Waals surface area contributed by atoms with Crippen molar-refractivity contribution in [3.05, 3.63) is 47.0 Å². The van der Waals surface area contributed by atoms with Gasteiger partial charge in [0.15, 0.2) is 5.78 Å². The molecule has 1 N–H and O–H groups in total. The smallest absolute Gasteiger partial charge is 0.307 e. The standard InChI is InChI=1S/C15H15ClO3/c1-15(13(17)10-5-3-2-4-6-10)9-11(16)7-8-12(15)14(18)19/h2-7,12H,8-9H2,1H3,(H,18,19)/t12-,15+/m1/s1. The molecule has 0 radical (unpaired) electrons. The summed E-state index contributed by atoms with van der Waals surface area (Å²) in [6.07, 6.45) is 2.27. The van der Waals surface area contributed by atoms with Gasteiger partial charge in [0.1, 0.15) is 0 Å². The van der Waals surface area contributed by atoms with Crippen molar-refractivity contribution in [2.45, 2.75) is 19.8 Å². The molecule has 0 aromatic heterocycles. The summed E-state index contributed by atoms with van der Waals surface area (Å²) in [6.45, 7) is 1.69.